The van der Waals surface area contributed by atoms with Gasteiger partial charge in [-0.2, -0.15) is 0 Å². The lowest BCUT2D eigenvalue weighted by atomic mass is 9.92. The van der Waals surface area contributed by atoms with E-state index in [-0.39, 0.29) is 5.56 Å². The summed E-state index contributed by atoms with van der Waals surface area (Å²) in [6, 6.07) is 11.9. The number of carbonyl (C=O) groups excluding carboxylic acids is 4. The van der Waals surface area contributed by atoms with E-state index in [1.54, 1.807) is 12.1 Å². The molecule has 2 aliphatic heterocycles. The molecule has 5 rings (SSSR count). The molecule has 4 N–H and O–H groups in total. The SMILES string of the molecule is NC(=O)c1ccc(N2CCCC2)c(NC(=O)CN2C(=O)NC3(CCc4ccccc43)C2=O)c1. The molecule has 1 unspecified atom stereocenters. The predicted octanol–water partition coefficient (Wildman–Crippen LogP) is 1.72. The monoisotopic (exact) mass is 447 g/mol. The van der Waals surface area contributed by atoms with Crippen molar-refractivity contribution >= 4 is 35.1 Å². The van der Waals surface area contributed by atoms with Gasteiger partial charge in [0.05, 0.1) is 11.4 Å². The zero-order chi connectivity index (χ0) is 23.2. The summed E-state index contributed by atoms with van der Waals surface area (Å²) >= 11 is 0. The Kier molecular flexibility index (Phi) is 5.03. The van der Waals surface area contributed by atoms with E-state index in [0.29, 0.717) is 18.5 Å². The van der Waals surface area contributed by atoms with E-state index in [1.165, 1.54) is 6.07 Å². The molecule has 1 spiro atoms. The average Bonchev–Trinajstić information content (AvgIpc) is 3.51. The van der Waals surface area contributed by atoms with E-state index >= 15 is 0 Å². The lowest BCUT2D eigenvalue weighted by Gasteiger charge is -2.23. The van der Waals surface area contributed by atoms with Crippen molar-refractivity contribution in [2.24, 2.45) is 5.73 Å². The Morgan fingerprint density at radius 2 is 1.85 bits per heavy atom. The fraction of sp³-hybridized carbons (Fsp3) is 0.333. The molecule has 2 aromatic rings. The van der Waals surface area contributed by atoms with Crippen LogP contribution in [-0.4, -0.2) is 48.3 Å². The second-order valence-electron chi connectivity index (χ2n) is 8.72. The van der Waals surface area contributed by atoms with E-state index < -0.39 is 35.8 Å². The van der Waals surface area contributed by atoms with Crippen LogP contribution < -0.4 is 21.3 Å². The Morgan fingerprint density at radius 3 is 2.61 bits per heavy atom. The molecular weight excluding hydrogens is 422 g/mol. The third-order valence-corrected chi connectivity index (χ3v) is 6.73. The molecule has 2 fully saturated rings. The van der Waals surface area contributed by atoms with E-state index in [1.807, 2.05) is 24.3 Å². The van der Waals surface area contributed by atoms with Crippen molar-refractivity contribution in [3.63, 3.8) is 0 Å². The number of benzene rings is 2. The van der Waals surface area contributed by atoms with Crippen LogP contribution in [0.1, 0.15) is 40.7 Å². The number of fused-ring (bicyclic) bond motifs is 2. The number of amides is 5. The Morgan fingerprint density at radius 1 is 1.09 bits per heavy atom. The van der Waals surface area contributed by atoms with Gasteiger partial charge in [0.25, 0.3) is 5.91 Å². The Hall–Kier alpha value is -3.88. The molecule has 1 atom stereocenters. The van der Waals surface area contributed by atoms with Crippen LogP contribution >= 0.6 is 0 Å². The van der Waals surface area contributed by atoms with Crippen LogP contribution in [0.3, 0.4) is 0 Å². The molecule has 1 aliphatic carbocycles. The van der Waals surface area contributed by atoms with E-state index in [9.17, 15) is 19.2 Å². The van der Waals surface area contributed by atoms with Crippen molar-refractivity contribution in [3.05, 3.63) is 59.2 Å². The quantitative estimate of drug-likeness (QED) is 0.602. The molecule has 5 amide bonds. The minimum Gasteiger partial charge on any atom is -0.370 e. The van der Waals surface area contributed by atoms with Crippen LogP contribution in [-0.2, 0) is 21.5 Å². The normalized spacial score (nSPS) is 21.5. The Balaban J connectivity index is 1.37. The van der Waals surface area contributed by atoms with Gasteiger partial charge >= 0.3 is 6.03 Å². The number of imide groups is 1. The molecule has 2 saturated heterocycles. The van der Waals surface area contributed by atoms with Gasteiger partial charge in [0.2, 0.25) is 11.8 Å². The summed E-state index contributed by atoms with van der Waals surface area (Å²) in [6.45, 7) is 1.26. The molecule has 2 heterocycles. The van der Waals surface area contributed by atoms with Crippen LogP contribution in [0, 0.1) is 0 Å². The van der Waals surface area contributed by atoms with Crippen LogP contribution in [0.4, 0.5) is 16.2 Å². The van der Waals surface area contributed by atoms with Gasteiger partial charge in [0.15, 0.2) is 0 Å². The molecule has 0 radical (unpaired) electrons. The molecule has 9 heteroatoms. The number of anilines is 2. The van der Waals surface area contributed by atoms with E-state index in [0.717, 1.165) is 47.6 Å². The standard InChI is InChI=1S/C24H25N5O4/c25-21(31)16-7-8-19(28-11-3-4-12-28)18(13-16)26-20(30)14-29-22(32)24(27-23(29)33)10-9-15-5-1-2-6-17(15)24/h1-2,5-8,13H,3-4,9-12,14H2,(H2,25,31)(H,26,30)(H,27,33). The highest BCUT2D eigenvalue weighted by molar-refractivity contribution is 6.11. The summed E-state index contributed by atoms with van der Waals surface area (Å²) in [7, 11) is 0. The lowest BCUT2D eigenvalue weighted by Crippen LogP contribution is -2.43. The molecule has 9 nitrogen and oxygen atoms in total. The average molecular weight is 447 g/mol. The number of urea groups is 1. The highest BCUT2D eigenvalue weighted by Gasteiger charge is 2.55. The minimum atomic E-state index is -1.11. The molecule has 33 heavy (non-hydrogen) atoms. The largest absolute Gasteiger partial charge is 0.370 e. The maximum Gasteiger partial charge on any atom is 0.325 e. The van der Waals surface area contributed by atoms with Crippen LogP contribution in [0.5, 0.6) is 0 Å². The zero-order valence-electron chi connectivity index (χ0n) is 18.1. The van der Waals surface area contributed by atoms with E-state index in [2.05, 4.69) is 15.5 Å². The maximum atomic E-state index is 13.3. The number of rotatable bonds is 5. The number of aryl methyl sites for hydroxylation is 1. The number of primary amides is 1. The molecule has 0 saturated carbocycles. The molecule has 0 bridgehead atoms. The second-order valence-corrected chi connectivity index (χ2v) is 8.72. The van der Waals surface area contributed by atoms with Crippen LogP contribution in [0.15, 0.2) is 42.5 Å². The second kappa shape index (κ2) is 7.91. The molecule has 0 aromatic heterocycles. The van der Waals surface area contributed by atoms with Gasteiger partial charge in [-0.15, -0.1) is 0 Å². The summed E-state index contributed by atoms with van der Waals surface area (Å²) < 4.78 is 0. The van der Waals surface area contributed by atoms with Gasteiger partial charge in [-0.1, -0.05) is 24.3 Å². The first-order chi connectivity index (χ1) is 15.9. The van der Waals surface area contributed by atoms with Gasteiger partial charge in [0.1, 0.15) is 12.1 Å². The molecule has 2 aromatic carbocycles. The highest BCUT2D eigenvalue weighted by atomic mass is 16.2. The smallest absolute Gasteiger partial charge is 0.325 e. The van der Waals surface area contributed by atoms with Gasteiger partial charge in [-0.25, -0.2) is 4.79 Å². The fourth-order valence-electron chi connectivity index (χ4n) is 5.09. The van der Waals surface area contributed by atoms with Crippen molar-refractivity contribution in [1.82, 2.24) is 10.2 Å². The fourth-order valence-corrected chi connectivity index (χ4v) is 5.09. The summed E-state index contributed by atoms with van der Waals surface area (Å²) in [5.74, 6) is -1.54. The summed E-state index contributed by atoms with van der Waals surface area (Å²) in [5, 5.41) is 5.61. The zero-order valence-corrected chi connectivity index (χ0v) is 18.1. The first-order valence-electron chi connectivity index (χ1n) is 11.1. The van der Waals surface area contributed by atoms with Gasteiger partial charge in [-0.05, 0) is 55.0 Å². The van der Waals surface area contributed by atoms with Crippen molar-refractivity contribution in [1.29, 1.82) is 0 Å². The first kappa shape index (κ1) is 21.0. The van der Waals surface area contributed by atoms with E-state index in [4.69, 9.17) is 5.73 Å². The third-order valence-electron chi connectivity index (χ3n) is 6.73. The summed E-state index contributed by atoms with van der Waals surface area (Å²) in [6.07, 6.45) is 3.23. The topological polar surface area (TPSA) is 125 Å². The lowest BCUT2D eigenvalue weighted by molar-refractivity contribution is -0.134. The number of nitrogens with one attached hydrogen (secondary N) is 2. The molecule has 3 aliphatic rings. The Labute approximate surface area is 190 Å². The molecular formula is C24H25N5O4. The van der Waals surface area contributed by atoms with Crippen molar-refractivity contribution in [2.75, 3.05) is 29.9 Å². The summed E-state index contributed by atoms with van der Waals surface area (Å²) in [5.41, 5.74) is 7.61. The highest BCUT2D eigenvalue weighted by Crippen LogP contribution is 2.41. The van der Waals surface area contributed by atoms with Gasteiger partial charge in [0, 0.05) is 18.7 Å². The summed E-state index contributed by atoms with van der Waals surface area (Å²) in [4.78, 5) is 53.7. The van der Waals surface area contributed by atoms with Crippen molar-refractivity contribution < 1.29 is 19.2 Å². The number of nitrogens with zero attached hydrogens (tertiary/aromatic N) is 2. The number of carbonyl (C=O) groups is 4. The number of hydrogen-bond donors (Lipinski definition) is 3. The van der Waals surface area contributed by atoms with Crippen LogP contribution in [0.2, 0.25) is 0 Å². The van der Waals surface area contributed by atoms with Crippen LogP contribution in [0.25, 0.3) is 0 Å². The third kappa shape index (κ3) is 3.49. The first-order valence-corrected chi connectivity index (χ1v) is 11.1. The number of hydrogen-bond acceptors (Lipinski definition) is 5. The van der Waals surface area contributed by atoms with Crippen molar-refractivity contribution in [2.45, 2.75) is 31.2 Å². The van der Waals surface area contributed by atoms with Gasteiger partial charge in [-0.3, -0.25) is 19.3 Å². The predicted molar refractivity (Wildman–Crippen MR) is 122 cm³/mol. The molecule has 170 valence electrons. The number of nitrogens with two attached hydrogens (primary N) is 1. The van der Waals surface area contributed by atoms with Gasteiger partial charge < -0.3 is 21.3 Å². The minimum absolute atomic E-state index is 0.268. The van der Waals surface area contributed by atoms with Crippen molar-refractivity contribution in [3.8, 4) is 0 Å². The maximum absolute atomic E-state index is 13.3. The Bertz CT molecular complexity index is 1170.